The van der Waals surface area contributed by atoms with E-state index in [9.17, 15) is 9.59 Å². The van der Waals surface area contributed by atoms with Crippen molar-refractivity contribution in [3.63, 3.8) is 0 Å². The zero-order chi connectivity index (χ0) is 23.1. The Hall–Kier alpha value is -3.31. The highest BCUT2D eigenvalue weighted by Gasteiger charge is 2.14. The van der Waals surface area contributed by atoms with Crippen molar-refractivity contribution >= 4 is 23.5 Å². The molecule has 0 saturated heterocycles. The maximum absolute atomic E-state index is 12.7. The number of carboxylic acids is 1. The van der Waals surface area contributed by atoms with Gasteiger partial charge in [0.15, 0.2) is 0 Å². The van der Waals surface area contributed by atoms with Gasteiger partial charge in [-0.25, -0.2) is 4.79 Å². The number of nitrogens with one attached hydrogen (secondary N) is 1. The van der Waals surface area contributed by atoms with Gasteiger partial charge in [0.05, 0.1) is 17.7 Å². The van der Waals surface area contributed by atoms with E-state index in [2.05, 4.69) is 5.32 Å². The van der Waals surface area contributed by atoms with Gasteiger partial charge in [-0.05, 0) is 59.4 Å². The molecule has 3 rings (SSSR count). The van der Waals surface area contributed by atoms with Gasteiger partial charge in [-0.1, -0.05) is 61.8 Å². The second kappa shape index (κ2) is 10.8. The van der Waals surface area contributed by atoms with Crippen LogP contribution in [0.2, 0.25) is 5.02 Å². The molecule has 0 aliphatic carbocycles. The molecule has 166 valence electrons. The molecule has 0 aliphatic heterocycles. The number of carbonyl (C=O) groups is 2. The Morgan fingerprint density at radius 1 is 0.969 bits per heavy atom. The quantitative estimate of drug-likeness (QED) is 0.436. The van der Waals surface area contributed by atoms with Gasteiger partial charge in [0, 0.05) is 11.6 Å². The smallest absolute Gasteiger partial charge is 0.335 e. The third kappa shape index (κ3) is 6.34. The standard InChI is InChI=1S/C26H26ClNO4/c1-17(2)16-32-24-12-11-22(27)15-23(24)25(29)28-14-13-18-3-5-19(6-4-18)20-7-9-21(10-8-20)26(30)31/h3-12,15,17H,13-14,16H2,1-2H3,(H,28,29)(H,30,31). The summed E-state index contributed by atoms with van der Waals surface area (Å²) in [7, 11) is 0. The summed E-state index contributed by atoms with van der Waals surface area (Å²) in [6.45, 7) is 5.09. The van der Waals surface area contributed by atoms with Crippen LogP contribution >= 0.6 is 11.6 Å². The zero-order valence-electron chi connectivity index (χ0n) is 18.1. The lowest BCUT2D eigenvalue weighted by molar-refractivity contribution is 0.0696. The number of carboxylic acid groups (broad SMARTS) is 1. The number of hydrogen-bond donors (Lipinski definition) is 2. The SMILES string of the molecule is CC(C)COc1ccc(Cl)cc1C(=O)NCCc1ccc(-c2ccc(C(=O)O)cc2)cc1. The van der Waals surface area contributed by atoms with E-state index in [-0.39, 0.29) is 11.5 Å². The fourth-order valence-corrected chi connectivity index (χ4v) is 3.32. The Balaban J connectivity index is 1.58. The van der Waals surface area contributed by atoms with Gasteiger partial charge in [0.25, 0.3) is 5.91 Å². The van der Waals surface area contributed by atoms with Crippen LogP contribution in [0.15, 0.2) is 66.7 Å². The van der Waals surface area contributed by atoms with Gasteiger partial charge in [-0.15, -0.1) is 0 Å². The molecule has 0 unspecified atom stereocenters. The van der Waals surface area contributed by atoms with Crippen molar-refractivity contribution in [2.45, 2.75) is 20.3 Å². The first-order valence-electron chi connectivity index (χ1n) is 10.5. The number of amides is 1. The molecule has 0 aromatic heterocycles. The topological polar surface area (TPSA) is 75.6 Å². The number of carbonyl (C=O) groups excluding carboxylic acids is 1. The van der Waals surface area contributed by atoms with Gasteiger partial charge >= 0.3 is 5.97 Å². The van der Waals surface area contributed by atoms with Crippen LogP contribution in [-0.2, 0) is 6.42 Å². The van der Waals surface area contributed by atoms with Crippen molar-refractivity contribution in [3.05, 3.63) is 88.4 Å². The predicted octanol–water partition coefficient (Wildman–Crippen LogP) is 5.71. The van der Waals surface area contributed by atoms with Gasteiger partial charge in [-0.3, -0.25) is 4.79 Å². The molecule has 0 heterocycles. The van der Waals surface area contributed by atoms with Crippen LogP contribution < -0.4 is 10.1 Å². The lowest BCUT2D eigenvalue weighted by Gasteiger charge is -2.14. The van der Waals surface area contributed by atoms with Crippen LogP contribution in [0.5, 0.6) is 5.75 Å². The Bertz CT molecular complexity index is 1080. The van der Waals surface area contributed by atoms with Gasteiger partial charge in [0.2, 0.25) is 0 Å². The molecule has 6 heteroatoms. The monoisotopic (exact) mass is 451 g/mol. The van der Waals surface area contributed by atoms with E-state index in [0.29, 0.717) is 41.8 Å². The average molecular weight is 452 g/mol. The number of aromatic carboxylic acids is 1. The number of halogens is 1. The van der Waals surface area contributed by atoms with Gasteiger partial charge in [0.1, 0.15) is 5.75 Å². The van der Waals surface area contributed by atoms with Crippen LogP contribution in [0.1, 0.15) is 40.1 Å². The molecule has 0 radical (unpaired) electrons. The van der Waals surface area contributed by atoms with Crippen molar-refractivity contribution in [1.82, 2.24) is 5.32 Å². The maximum Gasteiger partial charge on any atom is 0.335 e. The van der Waals surface area contributed by atoms with Crippen molar-refractivity contribution < 1.29 is 19.4 Å². The Morgan fingerprint density at radius 2 is 1.59 bits per heavy atom. The van der Waals surface area contributed by atoms with E-state index >= 15 is 0 Å². The summed E-state index contributed by atoms with van der Waals surface area (Å²) in [6.07, 6.45) is 0.673. The minimum atomic E-state index is -0.940. The molecule has 2 N–H and O–H groups in total. The summed E-state index contributed by atoms with van der Waals surface area (Å²) in [4.78, 5) is 23.7. The molecule has 0 saturated carbocycles. The van der Waals surface area contributed by atoms with Crippen LogP contribution in [-0.4, -0.2) is 30.1 Å². The number of rotatable bonds is 9. The summed E-state index contributed by atoms with van der Waals surface area (Å²) < 4.78 is 5.76. The van der Waals surface area contributed by atoms with E-state index in [0.717, 1.165) is 16.7 Å². The number of benzene rings is 3. The number of hydrogen-bond acceptors (Lipinski definition) is 3. The van der Waals surface area contributed by atoms with E-state index in [1.807, 2.05) is 38.1 Å². The predicted molar refractivity (Wildman–Crippen MR) is 127 cm³/mol. The van der Waals surface area contributed by atoms with E-state index in [1.54, 1.807) is 42.5 Å². The van der Waals surface area contributed by atoms with Crippen molar-refractivity contribution in [2.24, 2.45) is 5.92 Å². The van der Waals surface area contributed by atoms with Crippen LogP contribution in [0.3, 0.4) is 0 Å². The molecule has 0 bridgehead atoms. The molecule has 0 atom stereocenters. The fraction of sp³-hybridized carbons (Fsp3) is 0.231. The Labute approximate surface area is 193 Å². The maximum atomic E-state index is 12.7. The molecule has 32 heavy (non-hydrogen) atoms. The first-order valence-corrected chi connectivity index (χ1v) is 10.8. The molecule has 0 spiro atoms. The van der Waals surface area contributed by atoms with Gasteiger partial charge < -0.3 is 15.2 Å². The molecular formula is C26H26ClNO4. The first-order chi connectivity index (χ1) is 15.3. The third-order valence-corrected chi connectivity index (χ3v) is 5.11. The van der Waals surface area contributed by atoms with E-state index < -0.39 is 5.97 Å². The second-order valence-electron chi connectivity index (χ2n) is 7.93. The first kappa shape index (κ1) is 23.4. The van der Waals surface area contributed by atoms with Gasteiger partial charge in [-0.2, -0.15) is 0 Å². The molecule has 3 aromatic carbocycles. The third-order valence-electron chi connectivity index (χ3n) is 4.88. The summed E-state index contributed by atoms with van der Waals surface area (Å²) in [5.41, 5.74) is 3.72. The highest BCUT2D eigenvalue weighted by Crippen LogP contribution is 2.24. The van der Waals surface area contributed by atoms with Crippen LogP contribution in [0.4, 0.5) is 0 Å². The fourth-order valence-electron chi connectivity index (χ4n) is 3.15. The molecule has 5 nitrogen and oxygen atoms in total. The Kier molecular flexibility index (Phi) is 7.90. The largest absolute Gasteiger partial charge is 0.492 e. The molecule has 3 aromatic rings. The molecule has 1 amide bonds. The van der Waals surface area contributed by atoms with E-state index in [4.69, 9.17) is 21.4 Å². The van der Waals surface area contributed by atoms with Crippen molar-refractivity contribution in [1.29, 1.82) is 0 Å². The van der Waals surface area contributed by atoms with Crippen molar-refractivity contribution in [2.75, 3.05) is 13.2 Å². The number of ether oxygens (including phenoxy) is 1. The highest BCUT2D eigenvalue weighted by molar-refractivity contribution is 6.31. The summed E-state index contributed by atoms with van der Waals surface area (Å²) in [5, 5.41) is 12.4. The lowest BCUT2D eigenvalue weighted by Crippen LogP contribution is -2.26. The van der Waals surface area contributed by atoms with Crippen LogP contribution in [0.25, 0.3) is 11.1 Å². The zero-order valence-corrected chi connectivity index (χ0v) is 18.9. The summed E-state index contributed by atoms with van der Waals surface area (Å²) >= 11 is 6.08. The summed E-state index contributed by atoms with van der Waals surface area (Å²) in [6, 6.07) is 19.8. The molecule has 0 fully saturated rings. The summed E-state index contributed by atoms with van der Waals surface area (Å²) in [5.74, 6) is -0.287. The molecule has 0 aliphatic rings. The average Bonchev–Trinajstić information content (AvgIpc) is 2.78. The second-order valence-corrected chi connectivity index (χ2v) is 8.37. The van der Waals surface area contributed by atoms with Crippen LogP contribution in [0, 0.1) is 5.92 Å². The normalized spacial score (nSPS) is 10.8. The lowest BCUT2D eigenvalue weighted by atomic mass is 10.0. The van der Waals surface area contributed by atoms with Crippen molar-refractivity contribution in [3.8, 4) is 16.9 Å². The highest BCUT2D eigenvalue weighted by atomic mass is 35.5. The van der Waals surface area contributed by atoms with E-state index in [1.165, 1.54) is 0 Å². The molecular weight excluding hydrogens is 426 g/mol. The Morgan fingerprint density at radius 3 is 2.19 bits per heavy atom. The minimum Gasteiger partial charge on any atom is -0.492 e. The minimum absolute atomic E-state index is 0.221.